The Labute approximate surface area is 188 Å². The summed E-state index contributed by atoms with van der Waals surface area (Å²) in [6.45, 7) is 9.73. The molecule has 2 aromatic heterocycles. The van der Waals surface area contributed by atoms with Gasteiger partial charge in [0.1, 0.15) is 10.6 Å². The van der Waals surface area contributed by atoms with Crippen LogP contribution in [0.5, 0.6) is 0 Å². The molecule has 1 fully saturated rings. The number of hydrogen-bond donors (Lipinski definition) is 1. The topological polar surface area (TPSA) is 111 Å². The number of ether oxygens (including phenoxy) is 2. The molecule has 3 heterocycles. The van der Waals surface area contributed by atoms with Crippen molar-refractivity contribution in [1.29, 1.82) is 0 Å². The van der Waals surface area contributed by atoms with Gasteiger partial charge in [-0.2, -0.15) is 4.31 Å². The van der Waals surface area contributed by atoms with E-state index in [4.69, 9.17) is 9.47 Å². The Kier molecular flexibility index (Phi) is 7.58. The van der Waals surface area contributed by atoms with Crippen LogP contribution in [0, 0.1) is 19.8 Å². The fourth-order valence-electron chi connectivity index (χ4n) is 3.68. The first-order valence-corrected chi connectivity index (χ1v) is 12.2. The van der Waals surface area contributed by atoms with E-state index in [1.807, 2.05) is 19.9 Å². The minimum atomic E-state index is -3.72. The molecule has 3 rings (SSSR count). The van der Waals surface area contributed by atoms with Crippen LogP contribution in [0.4, 0.5) is 0 Å². The van der Waals surface area contributed by atoms with Gasteiger partial charge in [0, 0.05) is 42.8 Å². The molecule has 1 aliphatic heterocycles. The lowest BCUT2D eigenvalue weighted by molar-refractivity contribution is 0.0469. The number of rotatable bonds is 9. The van der Waals surface area contributed by atoms with Gasteiger partial charge in [0.15, 0.2) is 6.61 Å². The van der Waals surface area contributed by atoms with Crippen LogP contribution in [-0.4, -0.2) is 66.9 Å². The summed E-state index contributed by atoms with van der Waals surface area (Å²) in [5.41, 5.74) is 2.34. The molecule has 176 valence electrons. The molecule has 0 unspecified atom stereocenters. The molecule has 0 radical (unpaired) electrons. The Balaban J connectivity index is 1.63. The fraction of sp³-hybridized carbons (Fsp3) is 0.545. The predicted molar refractivity (Wildman–Crippen MR) is 118 cm³/mol. The first kappa shape index (κ1) is 24.2. The SMILES string of the molecule is Cc1cc(C(=O)COC(=O)c2cc(S(=O)(=O)N3CCOCC3)c[nH]2)c(C)n1CCC(C)C. The number of aryl methyl sites for hydroxylation is 1. The number of hydrogen-bond acceptors (Lipinski definition) is 6. The maximum Gasteiger partial charge on any atom is 0.355 e. The van der Waals surface area contributed by atoms with Crippen LogP contribution in [0.1, 0.15) is 52.5 Å². The molecule has 1 N–H and O–H groups in total. The van der Waals surface area contributed by atoms with Crippen LogP contribution in [-0.2, 0) is 26.0 Å². The number of nitrogens with one attached hydrogen (secondary N) is 1. The van der Waals surface area contributed by atoms with Gasteiger partial charge in [0.05, 0.1) is 13.2 Å². The van der Waals surface area contributed by atoms with E-state index in [-0.39, 0.29) is 29.5 Å². The Morgan fingerprint density at radius 2 is 1.88 bits per heavy atom. The van der Waals surface area contributed by atoms with E-state index in [1.54, 1.807) is 0 Å². The van der Waals surface area contributed by atoms with E-state index in [2.05, 4.69) is 23.4 Å². The fourth-order valence-corrected chi connectivity index (χ4v) is 5.08. The molecule has 0 saturated carbocycles. The first-order valence-electron chi connectivity index (χ1n) is 10.7. The van der Waals surface area contributed by atoms with E-state index >= 15 is 0 Å². The number of ketones is 1. The highest BCUT2D eigenvalue weighted by Crippen LogP contribution is 2.20. The molecular formula is C22H31N3O6S. The molecule has 0 aromatic carbocycles. The third kappa shape index (κ3) is 5.31. The number of aromatic nitrogens is 2. The molecular weight excluding hydrogens is 434 g/mol. The maximum atomic E-state index is 12.7. The van der Waals surface area contributed by atoms with E-state index in [9.17, 15) is 18.0 Å². The van der Waals surface area contributed by atoms with E-state index in [1.165, 1.54) is 16.6 Å². The van der Waals surface area contributed by atoms with Gasteiger partial charge in [-0.15, -0.1) is 0 Å². The summed E-state index contributed by atoms with van der Waals surface area (Å²) in [5, 5.41) is 0. The number of carbonyl (C=O) groups excluding carboxylic acids is 2. The number of nitrogens with zero attached hydrogens (tertiary/aromatic N) is 2. The summed E-state index contributed by atoms with van der Waals surface area (Å²) >= 11 is 0. The van der Waals surface area contributed by atoms with Crippen molar-refractivity contribution in [1.82, 2.24) is 13.9 Å². The Bertz CT molecular complexity index is 1080. The predicted octanol–water partition coefficient (Wildman–Crippen LogP) is 2.54. The number of Topliss-reactive ketones (excluding diaryl/α,β-unsaturated/α-hetero) is 1. The second-order valence-electron chi connectivity index (χ2n) is 8.38. The molecule has 0 bridgehead atoms. The zero-order valence-corrected chi connectivity index (χ0v) is 19.8. The van der Waals surface area contributed by atoms with Crippen LogP contribution in [0.2, 0.25) is 0 Å². The van der Waals surface area contributed by atoms with E-state index in [0.717, 1.165) is 24.4 Å². The lowest BCUT2D eigenvalue weighted by Gasteiger charge is -2.25. The largest absolute Gasteiger partial charge is 0.453 e. The normalized spacial score (nSPS) is 15.3. The zero-order valence-electron chi connectivity index (χ0n) is 19.0. The molecule has 0 atom stereocenters. The maximum absolute atomic E-state index is 12.7. The molecule has 0 spiro atoms. The Morgan fingerprint density at radius 1 is 1.19 bits per heavy atom. The third-order valence-electron chi connectivity index (χ3n) is 5.62. The molecule has 2 aromatic rings. The second kappa shape index (κ2) is 10.0. The number of H-pyrrole nitrogens is 1. The third-order valence-corrected chi connectivity index (χ3v) is 7.50. The van der Waals surface area contributed by atoms with Crippen molar-refractivity contribution in [2.24, 2.45) is 5.92 Å². The average Bonchev–Trinajstić information content (AvgIpc) is 3.37. The van der Waals surface area contributed by atoms with Gasteiger partial charge in [0.2, 0.25) is 15.8 Å². The number of morpholine rings is 1. The van der Waals surface area contributed by atoms with Gasteiger partial charge in [-0.25, -0.2) is 13.2 Å². The minimum Gasteiger partial charge on any atom is -0.453 e. The second-order valence-corrected chi connectivity index (χ2v) is 10.3. The summed E-state index contributed by atoms with van der Waals surface area (Å²) in [6, 6.07) is 3.04. The summed E-state index contributed by atoms with van der Waals surface area (Å²) < 4.78 is 39.1. The van der Waals surface area contributed by atoms with Gasteiger partial charge in [-0.05, 0) is 38.3 Å². The molecule has 0 aliphatic carbocycles. The standard InChI is InChI=1S/C22H31N3O6S/c1-15(2)5-6-25-16(3)11-19(17(25)4)21(26)14-31-22(27)20-12-18(13-23-20)32(28,29)24-7-9-30-10-8-24/h11-13,15,23H,5-10,14H2,1-4H3. The van der Waals surface area contributed by atoms with Crippen molar-refractivity contribution in [2.75, 3.05) is 32.9 Å². The van der Waals surface area contributed by atoms with Crippen molar-refractivity contribution >= 4 is 21.8 Å². The van der Waals surface area contributed by atoms with Crippen LogP contribution in [0.25, 0.3) is 0 Å². The lowest BCUT2D eigenvalue weighted by Crippen LogP contribution is -2.40. The van der Waals surface area contributed by atoms with Crippen LogP contribution < -0.4 is 0 Å². The summed E-state index contributed by atoms with van der Waals surface area (Å²) in [5.74, 6) is -0.528. The Hall–Kier alpha value is -2.43. The van der Waals surface area contributed by atoms with E-state index in [0.29, 0.717) is 24.7 Å². The smallest absolute Gasteiger partial charge is 0.355 e. The average molecular weight is 466 g/mol. The van der Waals surface area contributed by atoms with Gasteiger partial charge < -0.3 is 19.0 Å². The van der Waals surface area contributed by atoms with Gasteiger partial charge in [-0.1, -0.05) is 13.8 Å². The van der Waals surface area contributed by atoms with Gasteiger partial charge in [0.25, 0.3) is 0 Å². The number of sulfonamides is 1. The van der Waals surface area contributed by atoms with Gasteiger partial charge >= 0.3 is 5.97 Å². The molecule has 9 nitrogen and oxygen atoms in total. The number of aromatic amines is 1. The quantitative estimate of drug-likeness (QED) is 0.450. The van der Waals surface area contributed by atoms with Crippen molar-refractivity contribution in [3.05, 3.63) is 41.0 Å². The van der Waals surface area contributed by atoms with Crippen molar-refractivity contribution in [3.63, 3.8) is 0 Å². The summed E-state index contributed by atoms with van der Waals surface area (Å²) in [6.07, 6.45) is 2.26. The van der Waals surface area contributed by atoms with Crippen molar-refractivity contribution in [2.45, 2.75) is 45.6 Å². The zero-order chi connectivity index (χ0) is 23.5. The highest BCUT2D eigenvalue weighted by molar-refractivity contribution is 7.89. The van der Waals surface area contributed by atoms with E-state index < -0.39 is 22.6 Å². The molecule has 32 heavy (non-hydrogen) atoms. The van der Waals surface area contributed by atoms with Crippen LogP contribution in [0.15, 0.2) is 23.2 Å². The molecule has 1 saturated heterocycles. The number of carbonyl (C=O) groups is 2. The molecule has 1 aliphatic rings. The van der Waals surface area contributed by atoms with Crippen molar-refractivity contribution < 1.29 is 27.5 Å². The van der Waals surface area contributed by atoms with Crippen molar-refractivity contribution in [3.8, 4) is 0 Å². The molecule has 0 amide bonds. The monoisotopic (exact) mass is 465 g/mol. The summed E-state index contributed by atoms with van der Waals surface area (Å²) in [7, 11) is -3.72. The Morgan fingerprint density at radius 3 is 2.53 bits per heavy atom. The summed E-state index contributed by atoms with van der Waals surface area (Å²) in [4.78, 5) is 27.7. The van der Waals surface area contributed by atoms with Gasteiger partial charge in [-0.3, -0.25) is 4.79 Å². The van der Waals surface area contributed by atoms with Crippen LogP contribution in [0.3, 0.4) is 0 Å². The highest BCUT2D eigenvalue weighted by atomic mass is 32.2. The first-order chi connectivity index (χ1) is 15.1. The number of esters is 1. The lowest BCUT2D eigenvalue weighted by atomic mass is 10.1. The van der Waals surface area contributed by atoms with Crippen LogP contribution >= 0.6 is 0 Å². The minimum absolute atomic E-state index is 0.0213. The highest BCUT2D eigenvalue weighted by Gasteiger charge is 2.28. The molecule has 10 heteroatoms.